The molecule has 1 amide bonds. The van der Waals surface area contributed by atoms with Gasteiger partial charge < -0.3 is 10.1 Å². The van der Waals surface area contributed by atoms with Crippen molar-refractivity contribution in [3.8, 4) is 0 Å². The summed E-state index contributed by atoms with van der Waals surface area (Å²) in [6.45, 7) is 2.32. The summed E-state index contributed by atoms with van der Waals surface area (Å²) in [7, 11) is 0. The standard InChI is InChI=1S/C19H18F3NO3/c1-2-3-11-26-18(25)13-7-9-16(10-8-13)23-17(24)14-5-4-6-15(12-14)19(20,21)22/h4-10,12H,2-3,11H2,1H3,(H,23,24). The number of anilines is 1. The molecule has 0 aliphatic heterocycles. The molecule has 0 aromatic heterocycles. The van der Waals surface area contributed by atoms with Gasteiger partial charge in [0.25, 0.3) is 5.91 Å². The topological polar surface area (TPSA) is 55.4 Å². The summed E-state index contributed by atoms with van der Waals surface area (Å²) in [5.74, 6) is -1.14. The van der Waals surface area contributed by atoms with E-state index in [2.05, 4.69) is 5.32 Å². The molecule has 7 heteroatoms. The zero-order valence-corrected chi connectivity index (χ0v) is 14.1. The lowest BCUT2D eigenvalue weighted by atomic mass is 10.1. The first-order valence-corrected chi connectivity index (χ1v) is 8.07. The van der Waals surface area contributed by atoms with E-state index in [1.54, 1.807) is 0 Å². The number of unbranched alkanes of at least 4 members (excludes halogenated alkanes) is 1. The number of carbonyl (C=O) groups is 2. The SMILES string of the molecule is CCCCOC(=O)c1ccc(NC(=O)c2cccc(C(F)(F)F)c2)cc1. The Morgan fingerprint density at radius 1 is 1.04 bits per heavy atom. The number of hydrogen-bond donors (Lipinski definition) is 1. The average Bonchev–Trinajstić information content (AvgIpc) is 2.62. The normalized spacial score (nSPS) is 11.1. The second-order valence-electron chi connectivity index (χ2n) is 5.60. The quantitative estimate of drug-likeness (QED) is 0.584. The number of esters is 1. The molecule has 0 unspecified atom stereocenters. The monoisotopic (exact) mass is 365 g/mol. The Balaban J connectivity index is 2.02. The van der Waals surface area contributed by atoms with Crippen molar-refractivity contribution in [3.63, 3.8) is 0 Å². The summed E-state index contributed by atoms with van der Waals surface area (Å²) in [6.07, 6.45) is -2.83. The summed E-state index contributed by atoms with van der Waals surface area (Å²) in [4.78, 5) is 23.9. The number of carbonyl (C=O) groups excluding carboxylic acids is 2. The average molecular weight is 365 g/mol. The second kappa shape index (κ2) is 8.51. The lowest BCUT2D eigenvalue weighted by molar-refractivity contribution is -0.137. The van der Waals surface area contributed by atoms with Crippen LogP contribution in [0.15, 0.2) is 48.5 Å². The number of halogens is 3. The fraction of sp³-hybridized carbons (Fsp3) is 0.263. The second-order valence-corrected chi connectivity index (χ2v) is 5.60. The highest BCUT2D eigenvalue weighted by Crippen LogP contribution is 2.29. The van der Waals surface area contributed by atoms with Gasteiger partial charge >= 0.3 is 12.1 Å². The van der Waals surface area contributed by atoms with Crippen molar-refractivity contribution in [1.29, 1.82) is 0 Å². The number of alkyl halides is 3. The highest BCUT2D eigenvalue weighted by molar-refractivity contribution is 6.04. The molecule has 26 heavy (non-hydrogen) atoms. The van der Waals surface area contributed by atoms with E-state index < -0.39 is 23.6 Å². The molecule has 0 fully saturated rings. The van der Waals surface area contributed by atoms with Gasteiger partial charge in [0, 0.05) is 11.3 Å². The molecule has 0 heterocycles. The third kappa shape index (κ3) is 5.34. The first kappa shape index (κ1) is 19.5. The van der Waals surface area contributed by atoms with Crippen LogP contribution >= 0.6 is 0 Å². The van der Waals surface area contributed by atoms with E-state index in [0.29, 0.717) is 17.9 Å². The molecule has 0 aliphatic rings. The maximum absolute atomic E-state index is 12.7. The highest BCUT2D eigenvalue weighted by Gasteiger charge is 2.30. The van der Waals surface area contributed by atoms with Crippen molar-refractivity contribution in [1.82, 2.24) is 0 Å². The van der Waals surface area contributed by atoms with Gasteiger partial charge in [-0.25, -0.2) is 4.79 Å². The maximum Gasteiger partial charge on any atom is 0.416 e. The van der Waals surface area contributed by atoms with Crippen molar-refractivity contribution < 1.29 is 27.5 Å². The number of rotatable bonds is 6. The van der Waals surface area contributed by atoms with Crippen LogP contribution in [0.25, 0.3) is 0 Å². The fourth-order valence-corrected chi connectivity index (χ4v) is 2.12. The summed E-state index contributed by atoms with van der Waals surface area (Å²) in [5.41, 5.74) is -0.311. The van der Waals surface area contributed by atoms with Crippen molar-refractivity contribution in [3.05, 3.63) is 65.2 Å². The minimum atomic E-state index is -4.52. The highest BCUT2D eigenvalue weighted by atomic mass is 19.4. The first-order chi connectivity index (χ1) is 12.3. The lowest BCUT2D eigenvalue weighted by Gasteiger charge is -2.10. The molecular weight excluding hydrogens is 347 g/mol. The zero-order chi connectivity index (χ0) is 19.2. The number of ether oxygens (including phenoxy) is 1. The van der Waals surface area contributed by atoms with Crippen LogP contribution in [0.2, 0.25) is 0 Å². The summed E-state index contributed by atoms with van der Waals surface area (Å²) in [6, 6.07) is 10.1. The zero-order valence-electron chi connectivity index (χ0n) is 14.1. The number of nitrogens with one attached hydrogen (secondary N) is 1. The van der Waals surface area contributed by atoms with Gasteiger partial charge in [-0.2, -0.15) is 13.2 Å². The molecule has 0 aliphatic carbocycles. The van der Waals surface area contributed by atoms with Crippen LogP contribution in [0.3, 0.4) is 0 Å². The molecule has 0 radical (unpaired) electrons. The van der Waals surface area contributed by atoms with Crippen LogP contribution in [-0.4, -0.2) is 18.5 Å². The summed E-state index contributed by atoms with van der Waals surface area (Å²) in [5, 5.41) is 2.50. The fourth-order valence-electron chi connectivity index (χ4n) is 2.12. The minimum Gasteiger partial charge on any atom is -0.462 e. The molecule has 2 aromatic carbocycles. The Bertz CT molecular complexity index is 770. The smallest absolute Gasteiger partial charge is 0.416 e. The third-order valence-corrected chi connectivity index (χ3v) is 3.56. The number of hydrogen-bond acceptors (Lipinski definition) is 3. The molecule has 2 aromatic rings. The Morgan fingerprint density at radius 3 is 2.35 bits per heavy atom. The van der Waals surface area contributed by atoms with E-state index in [9.17, 15) is 22.8 Å². The van der Waals surface area contributed by atoms with Gasteiger partial charge in [0.2, 0.25) is 0 Å². The third-order valence-electron chi connectivity index (χ3n) is 3.56. The Labute approximate surface area is 149 Å². The van der Waals surface area contributed by atoms with E-state index in [-0.39, 0.29) is 5.56 Å². The van der Waals surface area contributed by atoms with Crippen molar-refractivity contribution >= 4 is 17.6 Å². The predicted molar refractivity (Wildman–Crippen MR) is 91.0 cm³/mol. The van der Waals surface area contributed by atoms with Crippen LogP contribution in [0.4, 0.5) is 18.9 Å². The van der Waals surface area contributed by atoms with Crippen LogP contribution in [0.5, 0.6) is 0 Å². The van der Waals surface area contributed by atoms with Crippen molar-refractivity contribution in [2.45, 2.75) is 25.9 Å². The van der Waals surface area contributed by atoms with Gasteiger partial charge in [0.05, 0.1) is 17.7 Å². The molecule has 2 rings (SSSR count). The maximum atomic E-state index is 12.7. The predicted octanol–water partition coefficient (Wildman–Crippen LogP) is 4.91. The van der Waals surface area contributed by atoms with E-state index >= 15 is 0 Å². The largest absolute Gasteiger partial charge is 0.462 e. The van der Waals surface area contributed by atoms with E-state index in [0.717, 1.165) is 25.0 Å². The molecule has 1 N–H and O–H groups in total. The van der Waals surface area contributed by atoms with Crippen LogP contribution in [0.1, 0.15) is 46.0 Å². The van der Waals surface area contributed by atoms with Crippen LogP contribution < -0.4 is 5.32 Å². The molecule has 0 bridgehead atoms. The minimum absolute atomic E-state index is 0.108. The number of amides is 1. The van der Waals surface area contributed by atoms with Gasteiger partial charge in [-0.05, 0) is 48.9 Å². The van der Waals surface area contributed by atoms with E-state index in [1.807, 2.05) is 6.92 Å². The van der Waals surface area contributed by atoms with E-state index in [1.165, 1.54) is 36.4 Å². The Kier molecular flexibility index (Phi) is 6.38. The molecule has 0 spiro atoms. The molecule has 0 saturated heterocycles. The molecule has 0 saturated carbocycles. The summed E-state index contributed by atoms with van der Waals surface area (Å²) >= 11 is 0. The van der Waals surface area contributed by atoms with Crippen LogP contribution in [0, 0.1) is 0 Å². The first-order valence-electron chi connectivity index (χ1n) is 8.07. The molecule has 0 atom stereocenters. The Hall–Kier alpha value is -2.83. The van der Waals surface area contributed by atoms with E-state index in [4.69, 9.17) is 4.74 Å². The molecule has 4 nitrogen and oxygen atoms in total. The lowest BCUT2D eigenvalue weighted by Crippen LogP contribution is -2.14. The van der Waals surface area contributed by atoms with Gasteiger partial charge in [0.1, 0.15) is 0 Å². The van der Waals surface area contributed by atoms with Gasteiger partial charge in [-0.1, -0.05) is 19.4 Å². The van der Waals surface area contributed by atoms with Gasteiger partial charge in [-0.15, -0.1) is 0 Å². The van der Waals surface area contributed by atoms with Gasteiger partial charge in [-0.3, -0.25) is 4.79 Å². The summed E-state index contributed by atoms with van der Waals surface area (Å²) < 4.78 is 43.2. The molecular formula is C19H18F3NO3. The molecule has 138 valence electrons. The Morgan fingerprint density at radius 2 is 1.73 bits per heavy atom. The van der Waals surface area contributed by atoms with Crippen LogP contribution in [-0.2, 0) is 10.9 Å². The van der Waals surface area contributed by atoms with Gasteiger partial charge in [0.15, 0.2) is 0 Å². The van der Waals surface area contributed by atoms with Crippen molar-refractivity contribution in [2.75, 3.05) is 11.9 Å². The number of benzene rings is 2. The van der Waals surface area contributed by atoms with Crippen molar-refractivity contribution in [2.24, 2.45) is 0 Å².